The number of rotatable bonds is 10. The van der Waals surface area contributed by atoms with E-state index in [2.05, 4.69) is 20.6 Å². The number of fused-ring (bicyclic) bond motifs is 1. The van der Waals surface area contributed by atoms with Crippen molar-refractivity contribution in [3.63, 3.8) is 0 Å². The Bertz CT molecular complexity index is 1000. The number of benzene rings is 1. The van der Waals surface area contributed by atoms with E-state index in [1.165, 1.54) is 23.2 Å². The Morgan fingerprint density at radius 3 is 2.40 bits per heavy atom. The zero-order valence-electron chi connectivity index (χ0n) is 16.8. The monoisotopic (exact) mass is 427 g/mol. The highest BCUT2D eigenvalue weighted by atomic mass is 32.1. The average Bonchev–Trinajstić information content (AvgIpc) is 3.15. The molecule has 0 saturated heterocycles. The minimum Gasteiger partial charge on any atom is -0.340 e. The Morgan fingerprint density at radius 2 is 1.70 bits per heavy atom. The number of carbonyl (C=O) groups is 2. The molecule has 0 saturated carbocycles. The van der Waals surface area contributed by atoms with Crippen LogP contribution in [-0.2, 0) is 9.59 Å². The maximum Gasteiger partial charge on any atom is 0.243 e. The molecular weight excluding hydrogens is 402 g/mol. The van der Waals surface area contributed by atoms with Crippen LogP contribution in [0.5, 0.6) is 0 Å². The second kappa shape index (κ2) is 10.7. The highest BCUT2D eigenvalue weighted by molar-refractivity contribution is 7.22. The molecule has 0 unspecified atom stereocenters. The van der Waals surface area contributed by atoms with E-state index in [1.807, 2.05) is 37.3 Å². The quantitative estimate of drug-likeness (QED) is 0.215. The maximum atomic E-state index is 12.2. The van der Waals surface area contributed by atoms with E-state index in [1.54, 1.807) is 5.48 Å². The second-order valence-corrected chi connectivity index (χ2v) is 8.07. The summed E-state index contributed by atoms with van der Waals surface area (Å²) in [6.45, 7) is 2.04. The molecule has 0 atom stereocenters. The molecule has 0 radical (unpaired) electrons. The highest BCUT2D eigenvalue weighted by Gasteiger charge is 2.11. The fourth-order valence-electron chi connectivity index (χ4n) is 2.97. The summed E-state index contributed by atoms with van der Waals surface area (Å²) in [5.74, 6) is 0.278. The van der Waals surface area contributed by atoms with Crippen LogP contribution < -0.4 is 16.1 Å². The van der Waals surface area contributed by atoms with Gasteiger partial charge in [0.25, 0.3) is 0 Å². The standard InChI is InChI=1S/C21H25N5O3S/c1-14-8-10-15(11-9-14)24-20-16-12-19(30-21(16)23-13-22-20)25-17(27)6-4-2-3-5-7-18(28)26-29/h8-13,29H,2-7H2,1H3,(H,25,27)(H,26,28)(H,22,23,24). The van der Waals surface area contributed by atoms with Crippen molar-refractivity contribution < 1.29 is 14.8 Å². The van der Waals surface area contributed by atoms with Crippen molar-refractivity contribution in [3.05, 3.63) is 42.2 Å². The van der Waals surface area contributed by atoms with Crippen LogP contribution in [0.2, 0.25) is 0 Å². The largest absolute Gasteiger partial charge is 0.340 e. The number of thiophene rings is 1. The van der Waals surface area contributed by atoms with Crippen molar-refractivity contribution in [1.82, 2.24) is 15.4 Å². The fraction of sp³-hybridized carbons (Fsp3) is 0.333. The smallest absolute Gasteiger partial charge is 0.243 e. The molecule has 158 valence electrons. The zero-order valence-corrected chi connectivity index (χ0v) is 17.6. The lowest BCUT2D eigenvalue weighted by molar-refractivity contribution is -0.129. The van der Waals surface area contributed by atoms with Gasteiger partial charge in [-0.05, 0) is 38.0 Å². The molecule has 0 aliphatic carbocycles. The summed E-state index contributed by atoms with van der Waals surface area (Å²) in [7, 11) is 0. The fourth-order valence-corrected chi connectivity index (χ4v) is 3.89. The van der Waals surface area contributed by atoms with E-state index in [9.17, 15) is 9.59 Å². The van der Waals surface area contributed by atoms with Crippen LogP contribution in [0.3, 0.4) is 0 Å². The van der Waals surface area contributed by atoms with Crippen molar-refractivity contribution in [2.45, 2.75) is 45.4 Å². The summed E-state index contributed by atoms with van der Waals surface area (Å²) in [6, 6.07) is 9.94. The van der Waals surface area contributed by atoms with Gasteiger partial charge in [0.1, 0.15) is 17.0 Å². The Labute approximate surface area is 178 Å². The van der Waals surface area contributed by atoms with Crippen LogP contribution in [0.15, 0.2) is 36.7 Å². The van der Waals surface area contributed by atoms with Gasteiger partial charge in [0.15, 0.2) is 0 Å². The van der Waals surface area contributed by atoms with Crippen molar-refractivity contribution in [3.8, 4) is 0 Å². The van der Waals surface area contributed by atoms with Gasteiger partial charge in [-0.25, -0.2) is 15.4 Å². The molecule has 2 heterocycles. The topological polar surface area (TPSA) is 116 Å². The van der Waals surface area contributed by atoms with Gasteiger partial charge in [0.05, 0.1) is 10.4 Å². The third-order valence-electron chi connectivity index (χ3n) is 4.59. The summed E-state index contributed by atoms with van der Waals surface area (Å²) >= 11 is 1.41. The van der Waals surface area contributed by atoms with Crippen LogP contribution >= 0.6 is 11.3 Å². The first-order valence-electron chi connectivity index (χ1n) is 9.86. The number of unbranched alkanes of at least 4 members (excludes halogenated alkanes) is 3. The summed E-state index contributed by atoms with van der Waals surface area (Å²) in [5.41, 5.74) is 3.74. The number of nitrogens with zero attached hydrogens (tertiary/aromatic N) is 2. The van der Waals surface area contributed by atoms with Crippen LogP contribution in [0.25, 0.3) is 10.2 Å². The van der Waals surface area contributed by atoms with Crippen LogP contribution in [0.1, 0.15) is 44.1 Å². The average molecular weight is 428 g/mol. The SMILES string of the molecule is Cc1ccc(Nc2ncnc3sc(NC(=O)CCCCCCC(=O)NO)cc23)cc1. The lowest BCUT2D eigenvalue weighted by Crippen LogP contribution is -2.17. The van der Waals surface area contributed by atoms with Gasteiger partial charge >= 0.3 is 0 Å². The minimum atomic E-state index is -0.378. The molecule has 1 aromatic carbocycles. The third-order valence-corrected chi connectivity index (χ3v) is 5.55. The third kappa shape index (κ3) is 6.23. The normalized spacial score (nSPS) is 10.7. The van der Waals surface area contributed by atoms with Crippen molar-refractivity contribution in [1.29, 1.82) is 0 Å². The van der Waals surface area contributed by atoms with Gasteiger partial charge in [0.2, 0.25) is 11.8 Å². The van der Waals surface area contributed by atoms with Crippen molar-refractivity contribution in [2.75, 3.05) is 10.6 Å². The molecular formula is C21H25N5O3S. The summed E-state index contributed by atoms with van der Waals surface area (Å²) in [6.07, 6.45) is 5.36. The number of anilines is 3. The Hall–Kier alpha value is -3.04. The summed E-state index contributed by atoms with van der Waals surface area (Å²) in [4.78, 5) is 32.6. The molecule has 2 aromatic heterocycles. The first-order chi connectivity index (χ1) is 14.5. The molecule has 0 bridgehead atoms. The van der Waals surface area contributed by atoms with E-state index in [0.29, 0.717) is 25.1 Å². The van der Waals surface area contributed by atoms with Crippen LogP contribution in [-0.4, -0.2) is 27.0 Å². The predicted molar refractivity (Wildman–Crippen MR) is 118 cm³/mol. The lowest BCUT2D eigenvalue weighted by atomic mass is 10.1. The van der Waals surface area contributed by atoms with Crippen molar-refractivity contribution >= 4 is 49.9 Å². The second-order valence-electron chi connectivity index (χ2n) is 7.04. The molecule has 2 amide bonds. The minimum absolute atomic E-state index is 0.0457. The van der Waals surface area contributed by atoms with E-state index >= 15 is 0 Å². The molecule has 3 rings (SSSR count). The first-order valence-corrected chi connectivity index (χ1v) is 10.7. The number of hydroxylamine groups is 1. The number of amides is 2. The van der Waals surface area contributed by atoms with Gasteiger partial charge in [-0.1, -0.05) is 41.9 Å². The van der Waals surface area contributed by atoms with Gasteiger partial charge < -0.3 is 10.6 Å². The maximum absolute atomic E-state index is 12.2. The number of hydrogen-bond donors (Lipinski definition) is 4. The molecule has 9 heteroatoms. The molecule has 0 aliphatic rings. The molecule has 0 aliphatic heterocycles. The Morgan fingerprint density at radius 1 is 1.00 bits per heavy atom. The molecule has 0 fully saturated rings. The molecule has 30 heavy (non-hydrogen) atoms. The number of carbonyl (C=O) groups excluding carboxylic acids is 2. The number of aryl methyl sites for hydroxylation is 1. The highest BCUT2D eigenvalue weighted by Crippen LogP contribution is 2.33. The lowest BCUT2D eigenvalue weighted by Gasteiger charge is -2.06. The molecule has 4 N–H and O–H groups in total. The van der Waals surface area contributed by atoms with Gasteiger partial charge in [-0.3, -0.25) is 14.8 Å². The van der Waals surface area contributed by atoms with Crippen molar-refractivity contribution in [2.24, 2.45) is 0 Å². The zero-order chi connectivity index (χ0) is 21.3. The van der Waals surface area contributed by atoms with E-state index in [4.69, 9.17) is 5.21 Å². The number of hydrogen-bond acceptors (Lipinski definition) is 7. The van der Waals surface area contributed by atoms with Crippen LogP contribution in [0, 0.1) is 6.92 Å². The molecule has 8 nitrogen and oxygen atoms in total. The Kier molecular flexibility index (Phi) is 7.69. The van der Waals surface area contributed by atoms with Crippen LogP contribution in [0.4, 0.5) is 16.5 Å². The number of aromatic nitrogens is 2. The summed E-state index contributed by atoms with van der Waals surface area (Å²) in [5, 5.41) is 16.3. The van der Waals surface area contributed by atoms with Gasteiger partial charge in [-0.2, -0.15) is 0 Å². The first kappa shape index (κ1) is 21.7. The van der Waals surface area contributed by atoms with Gasteiger partial charge in [-0.15, -0.1) is 0 Å². The Balaban J connectivity index is 1.52. The molecule has 0 spiro atoms. The summed E-state index contributed by atoms with van der Waals surface area (Å²) < 4.78 is 0. The van der Waals surface area contributed by atoms with E-state index in [0.717, 1.165) is 40.2 Å². The van der Waals surface area contributed by atoms with Gasteiger partial charge in [0, 0.05) is 18.5 Å². The number of nitrogens with one attached hydrogen (secondary N) is 3. The van der Waals surface area contributed by atoms with E-state index < -0.39 is 0 Å². The van der Waals surface area contributed by atoms with E-state index in [-0.39, 0.29) is 11.8 Å². The molecule has 3 aromatic rings. The predicted octanol–water partition coefficient (Wildman–Crippen LogP) is 4.53.